The fourth-order valence-corrected chi connectivity index (χ4v) is 3.25. The molecule has 2 rings (SSSR count). The average Bonchev–Trinajstić information content (AvgIpc) is 2.53. The first-order valence-electron chi connectivity index (χ1n) is 7.57. The lowest BCUT2D eigenvalue weighted by atomic mass is 9.83. The summed E-state index contributed by atoms with van der Waals surface area (Å²) in [4.78, 5) is 14.2. The molecule has 0 amide bonds. The van der Waals surface area contributed by atoms with Gasteiger partial charge < -0.3 is 9.64 Å². The third-order valence-electron chi connectivity index (χ3n) is 4.57. The second kappa shape index (κ2) is 6.78. The van der Waals surface area contributed by atoms with E-state index in [-0.39, 0.29) is 5.97 Å². The minimum Gasteiger partial charge on any atom is -0.465 e. The number of hydrogen-bond donors (Lipinski definition) is 0. The number of ether oxygens (including phenoxy) is 1. The molecule has 1 aliphatic rings. The number of anilines is 1. The molecule has 2 unspecified atom stereocenters. The highest BCUT2D eigenvalue weighted by Crippen LogP contribution is 2.32. The SMILES string of the molecule is CCC1CCCC(N(C)c2ccccc2C(=O)OC)C1. The Morgan fingerprint density at radius 1 is 1.35 bits per heavy atom. The van der Waals surface area contributed by atoms with Crippen molar-refractivity contribution >= 4 is 11.7 Å². The first-order chi connectivity index (χ1) is 9.67. The number of nitrogens with zero attached hydrogens (tertiary/aromatic N) is 1. The molecule has 20 heavy (non-hydrogen) atoms. The van der Waals surface area contributed by atoms with E-state index in [1.807, 2.05) is 24.3 Å². The molecule has 0 bridgehead atoms. The molecule has 0 heterocycles. The molecular weight excluding hydrogens is 250 g/mol. The van der Waals surface area contributed by atoms with Crippen LogP contribution in [-0.2, 0) is 4.74 Å². The third-order valence-corrected chi connectivity index (χ3v) is 4.57. The maximum atomic E-state index is 11.9. The Balaban J connectivity index is 2.20. The molecule has 0 aliphatic heterocycles. The van der Waals surface area contributed by atoms with Gasteiger partial charge in [0.25, 0.3) is 0 Å². The Morgan fingerprint density at radius 2 is 2.10 bits per heavy atom. The molecule has 0 aromatic heterocycles. The highest BCUT2D eigenvalue weighted by Gasteiger charge is 2.26. The molecule has 0 spiro atoms. The van der Waals surface area contributed by atoms with E-state index in [0.29, 0.717) is 11.6 Å². The van der Waals surface area contributed by atoms with E-state index in [2.05, 4.69) is 18.9 Å². The van der Waals surface area contributed by atoms with Gasteiger partial charge >= 0.3 is 5.97 Å². The van der Waals surface area contributed by atoms with Gasteiger partial charge in [0.05, 0.1) is 18.4 Å². The van der Waals surface area contributed by atoms with Crippen molar-refractivity contribution in [2.75, 3.05) is 19.1 Å². The Hall–Kier alpha value is -1.51. The molecular formula is C17H25NO2. The molecule has 0 N–H and O–H groups in total. The van der Waals surface area contributed by atoms with Gasteiger partial charge in [0, 0.05) is 13.1 Å². The molecule has 1 aromatic carbocycles. The van der Waals surface area contributed by atoms with Crippen molar-refractivity contribution in [1.29, 1.82) is 0 Å². The van der Waals surface area contributed by atoms with Crippen LogP contribution < -0.4 is 4.90 Å². The van der Waals surface area contributed by atoms with E-state index in [0.717, 1.165) is 11.6 Å². The van der Waals surface area contributed by atoms with Crippen molar-refractivity contribution in [3.05, 3.63) is 29.8 Å². The van der Waals surface area contributed by atoms with Gasteiger partial charge in [-0.25, -0.2) is 4.79 Å². The quantitative estimate of drug-likeness (QED) is 0.781. The lowest BCUT2D eigenvalue weighted by Crippen LogP contribution is -2.36. The van der Waals surface area contributed by atoms with Gasteiger partial charge in [-0.2, -0.15) is 0 Å². The number of para-hydroxylation sites is 1. The Kier molecular flexibility index (Phi) is 5.05. The summed E-state index contributed by atoms with van der Waals surface area (Å²) in [5, 5.41) is 0. The van der Waals surface area contributed by atoms with Crippen LogP contribution in [-0.4, -0.2) is 26.2 Å². The molecule has 3 heteroatoms. The first-order valence-corrected chi connectivity index (χ1v) is 7.57. The van der Waals surface area contributed by atoms with Crippen molar-refractivity contribution in [3.8, 4) is 0 Å². The number of carbonyl (C=O) groups is 1. The molecule has 1 fully saturated rings. The lowest BCUT2D eigenvalue weighted by Gasteiger charge is -2.37. The van der Waals surface area contributed by atoms with E-state index in [9.17, 15) is 4.79 Å². The number of carbonyl (C=O) groups excluding carboxylic acids is 1. The van der Waals surface area contributed by atoms with Gasteiger partial charge in [-0.05, 0) is 30.9 Å². The zero-order valence-electron chi connectivity index (χ0n) is 12.8. The summed E-state index contributed by atoms with van der Waals surface area (Å²) in [6, 6.07) is 8.26. The van der Waals surface area contributed by atoms with Crippen molar-refractivity contribution in [1.82, 2.24) is 0 Å². The van der Waals surface area contributed by atoms with Gasteiger partial charge in [-0.3, -0.25) is 0 Å². The van der Waals surface area contributed by atoms with E-state index in [1.54, 1.807) is 0 Å². The highest BCUT2D eigenvalue weighted by atomic mass is 16.5. The van der Waals surface area contributed by atoms with Crippen LogP contribution in [0.15, 0.2) is 24.3 Å². The third kappa shape index (κ3) is 3.14. The average molecular weight is 275 g/mol. The number of benzene rings is 1. The fraction of sp³-hybridized carbons (Fsp3) is 0.588. The standard InChI is InChI=1S/C17H25NO2/c1-4-13-8-7-9-14(12-13)18(2)16-11-6-5-10-15(16)17(19)20-3/h5-6,10-11,13-14H,4,7-9,12H2,1-3H3. The summed E-state index contributed by atoms with van der Waals surface area (Å²) in [6.07, 6.45) is 6.32. The second-order valence-corrected chi connectivity index (χ2v) is 5.71. The van der Waals surface area contributed by atoms with Crippen LogP contribution in [0.5, 0.6) is 0 Å². The molecule has 0 saturated heterocycles. The van der Waals surface area contributed by atoms with E-state index < -0.39 is 0 Å². The summed E-state index contributed by atoms with van der Waals surface area (Å²) in [6.45, 7) is 2.27. The van der Waals surface area contributed by atoms with E-state index >= 15 is 0 Å². The van der Waals surface area contributed by atoms with Crippen LogP contribution in [0.2, 0.25) is 0 Å². The highest BCUT2D eigenvalue weighted by molar-refractivity contribution is 5.95. The van der Waals surface area contributed by atoms with Gasteiger partial charge in [0.2, 0.25) is 0 Å². The summed E-state index contributed by atoms with van der Waals surface area (Å²) < 4.78 is 4.89. The zero-order valence-corrected chi connectivity index (χ0v) is 12.8. The van der Waals surface area contributed by atoms with Crippen molar-refractivity contribution in [3.63, 3.8) is 0 Å². The second-order valence-electron chi connectivity index (χ2n) is 5.71. The van der Waals surface area contributed by atoms with Crippen LogP contribution in [0.25, 0.3) is 0 Å². The summed E-state index contributed by atoms with van der Waals surface area (Å²) in [7, 11) is 3.54. The predicted molar refractivity (Wildman–Crippen MR) is 82.2 cm³/mol. The molecule has 1 aliphatic carbocycles. The topological polar surface area (TPSA) is 29.5 Å². The summed E-state index contributed by atoms with van der Waals surface area (Å²) in [5.74, 6) is 0.566. The van der Waals surface area contributed by atoms with Crippen LogP contribution in [0.4, 0.5) is 5.69 Å². The predicted octanol–water partition coefficient (Wildman–Crippen LogP) is 3.88. The van der Waals surface area contributed by atoms with Crippen LogP contribution in [0, 0.1) is 5.92 Å². The number of esters is 1. The van der Waals surface area contributed by atoms with Crippen molar-refractivity contribution < 1.29 is 9.53 Å². The van der Waals surface area contributed by atoms with Crippen molar-refractivity contribution in [2.45, 2.75) is 45.1 Å². The first kappa shape index (κ1) is 14.9. The minimum absolute atomic E-state index is 0.254. The molecule has 0 radical (unpaired) electrons. The van der Waals surface area contributed by atoms with E-state index in [4.69, 9.17) is 4.74 Å². The normalized spacial score (nSPS) is 22.4. The molecule has 110 valence electrons. The smallest absolute Gasteiger partial charge is 0.339 e. The van der Waals surface area contributed by atoms with Gasteiger partial charge in [-0.1, -0.05) is 38.3 Å². The lowest BCUT2D eigenvalue weighted by molar-refractivity contribution is 0.0601. The van der Waals surface area contributed by atoms with Crippen LogP contribution in [0.3, 0.4) is 0 Å². The minimum atomic E-state index is -0.254. The number of rotatable bonds is 4. The molecule has 1 aromatic rings. The largest absolute Gasteiger partial charge is 0.465 e. The monoisotopic (exact) mass is 275 g/mol. The summed E-state index contributed by atoms with van der Waals surface area (Å²) in [5.41, 5.74) is 1.65. The number of methoxy groups -OCH3 is 1. The maximum Gasteiger partial charge on any atom is 0.339 e. The van der Waals surface area contributed by atoms with Gasteiger partial charge in [0.15, 0.2) is 0 Å². The molecule has 2 atom stereocenters. The molecule has 3 nitrogen and oxygen atoms in total. The Bertz CT molecular complexity index is 458. The van der Waals surface area contributed by atoms with Gasteiger partial charge in [0.1, 0.15) is 0 Å². The molecule has 1 saturated carbocycles. The van der Waals surface area contributed by atoms with Crippen LogP contribution >= 0.6 is 0 Å². The van der Waals surface area contributed by atoms with Crippen LogP contribution in [0.1, 0.15) is 49.4 Å². The zero-order chi connectivity index (χ0) is 14.5. The summed E-state index contributed by atoms with van der Waals surface area (Å²) >= 11 is 0. The Labute approximate surface area is 121 Å². The van der Waals surface area contributed by atoms with E-state index in [1.165, 1.54) is 39.2 Å². The maximum absolute atomic E-state index is 11.9. The van der Waals surface area contributed by atoms with Gasteiger partial charge in [-0.15, -0.1) is 0 Å². The fourth-order valence-electron chi connectivity index (χ4n) is 3.25. The van der Waals surface area contributed by atoms with Crippen molar-refractivity contribution in [2.24, 2.45) is 5.92 Å². The number of hydrogen-bond acceptors (Lipinski definition) is 3. The Morgan fingerprint density at radius 3 is 2.80 bits per heavy atom.